The van der Waals surface area contributed by atoms with E-state index in [0.717, 1.165) is 12.1 Å². The molecule has 0 fully saturated rings. The molecule has 0 aliphatic rings. The first kappa shape index (κ1) is 12.3. The van der Waals surface area contributed by atoms with Gasteiger partial charge in [0.1, 0.15) is 5.82 Å². The number of benzene rings is 1. The predicted octanol–water partition coefficient (Wildman–Crippen LogP) is 4.05. The minimum absolute atomic E-state index is 0.0265. The molecule has 0 saturated heterocycles. The summed E-state index contributed by atoms with van der Waals surface area (Å²) >= 11 is 1.77. The molecule has 1 nitrogen and oxygen atoms in total. The second-order valence-electron chi connectivity index (χ2n) is 4.14. The molecule has 1 unspecified atom stereocenters. The Hall–Kier alpha value is -1.19. The fourth-order valence-electron chi connectivity index (χ4n) is 1.77. The topological polar surface area (TPSA) is 12.0 Å². The van der Waals surface area contributed by atoms with Crippen LogP contribution < -0.4 is 5.32 Å². The zero-order valence-corrected chi connectivity index (χ0v) is 10.9. The molecule has 0 amide bonds. The van der Waals surface area contributed by atoms with Gasteiger partial charge in [-0.15, -0.1) is 11.3 Å². The molecule has 1 aromatic heterocycles. The van der Waals surface area contributed by atoms with E-state index in [1.165, 1.54) is 15.8 Å². The van der Waals surface area contributed by atoms with E-state index in [0.29, 0.717) is 0 Å². The molecule has 1 heterocycles. The summed E-state index contributed by atoms with van der Waals surface area (Å²) in [7, 11) is 0. The van der Waals surface area contributed by atoms with Crippen LogP contribution in [0.25, 0.3) is 0 Å². The summed E-state index contributed by atoms with van der Waals surface area (Å²) in [6, 6.07) is 11.2. The standard InChI is InChI=1S/C14H16FNS/c1-10-7-8-12(17-10)9-16-11(2)13-5-3-4-6-14(13)15/h3-8,11,16H,9H2,1-2H3. The number of hydrogen-bond donors (Lipinski definition) is 1. The molecule has 1 aromatic carbocycles. The molecule has 0 aliphatic heterocycles. The Morgan fingerprint density at radius 3 is 2.65 bits per heavy atom. The summed E-state index contributed by atoms with van der Waals surface area (Å²) in [4.78, 5) is 2.59. The molecule has 0 aliphatic carbocycles. The molecule has 0 radical (unpaired) electrons. The van der Waals surface area contributed by atoms with Gasteiger partial charge in [0, 0.05) is 27.9 Å². The van der Waals surface area contributed by atoms with Crippen molar-refractivity contribution in [3.05, 3.63) is 57.5 Å². The Morgan fingerprint density at radius 1 is 1.24 bits per heavy atom. The molecule has 1 N–H and O–H groups in total. The van der Waals surface area contributed by atoms with Gasteiger partial charge in [0.25, 0.3) is 0 Å². The quantitative estimate of drug-likeness (QED) is 0.862. The average Bonchev–Trinajstić information content (AvgIpc) is 2.73. The SMILES string of the molecule is Cc1ccc(CNC(C)c2ccccc2F)s1. The lowest BCUT2D eigenvalue weighted by atomic mass is 10.1. The molecule has 3 heteroatoms. The summed E-state index contributed by atoms with van der Waals surface area (Å²) in [5, 5.41) is 3.34. The average molecular weight is 249 g/mol. The molecule has 2 rings (SSSR count). The van der Waals surface area contributed by atoms with Crippen LogP contribution in [-0.2, 0) is 6.54 Å². The smallest absolute Gasteiger partial charge is 0.127 e. The maximum atomic E-state index is 13.5. The number of thiophene rings is 1. The van der Waals surface area contributed by atoms with Crippen LogP contribution in [0.3, 0.4) is 0 Å². The van der Waals surface area contributed by atoms with Gasteiger partial charge in [-0.3, -0.25) is 0 Å². The van der Waals surface area contributed by atoms with Crippen molar-refractivity contribution in [1.29, 1.82) is 0 Å². The minimum atomic E-state index is -0.144. The van der Waals surface area contributed by atoms with E-state index in [4.69, 9.17) is 0 Å². The highest BCUT2D eigenvalue weighted by atomic mass is 32.1. The van der Waals surface area contributed by atoms with Crippen molar-refractivity contribution < 1.29 is 4.39 Å². The van der Waals surface area contributed by atoms with E-state index >= 15 is 0 Å². The largest absolute Gasteiger partial charge is 0.305 e. The second kappa shape index (κ2) is 5.43. The Bertz CT molecular complexity index is 492. The number of hydrogen-bond acceptors (Lipinski definition) is 2. The van der Waals surface area contributed by atoms with Crippen LogP contribution in [0.4, 0.5) is 4.39 Å². The zero-order chi connectivity index (χ0) is 12.3. The van der Waals surface area contributed by atoms with Crippen molar-refractivity contribution in [3.63, 3.8) is 0 Å². The van der Waals surface area contributed by atoms with Gasteiger partial charge in [-0.1, -0.05) is 18.2 Å². The third kappa shape index (κ3) is 3.14. The molecular weight excluding hydrogens is 233 g/mol. The number of rotatable bonds is 4. The lowest BCUT2D eigenvalue weighted by Crippen LogP contribution is -2.18. The highest BCUT2D eigenvalue weighted by Crippen LogP contribution is 2.19. The molecular formula is C14H16FNS. The van der Waals surface area contributed by atoms with Crippen molar-refractivity contribution in [2.24, 2.45) is 0 Å². The van der Waals surface area contributed by atoms with Gasteiger partial charge < -0.3 is 5.32 Å². The molecule has 0 bridgehead atoms. The fraction of sp³-hybridized carbons (Fsp3) is 0.286. The van der Waals surface area contributed by atoms with Gasteiger partial charge in [-0.05, 0) is 32.0 Å². The lowest BCUT2D eigenvalue weighted by molar-refractivity contribution is 0.530. The monoisotopic (exact) mass is 249 g/mol. The number of nitrogens with one attached hydrogen (secondary N) is 1. The van der Waals surface area contributed by atoms with E-state index in [9.17, 15) is 4.39 Å². The maximum absolute atomic E-state index is 13.5. The number of aryl methyl sites for hydroxylation is 1. The molecule has 0 saturated carbocycles. The lowest BCUT2D eigenvalue weighted by Gasteiger charge is -2.14. The van der Waals surface area contributed by atoms with Crippen LogP contribution >= 0.6 is 11.3 Å². The van der Waals surface area contributed by atoms with Gasteiger partial charge in [-0.2, -0.15) is 0 Å². The van der Waals surface area contributed by atoms with Crippen molar-refractivity contribution in [1.82, 2.24) is 5.32 Å². The minimum Gasteiger partial charge on any atom is -0.305 e. The normalized spacial score (nSPS) is 12.6. The second-order valence-corrected chi connectivity index (χ2v) is 5.51. The van der Waals surface area contributed by atoms with E-state index in [1.807, 2.05) is 19.1 Å². The maximum Gasteiger partial charge on any atom is 0.127 e. The van der Waals surface area contributed by atoms with Crippen LogP contribution in [0.2, 0.25) is 0 Å². The first-order chi connectivity index (χ1) is 8.16. The fourth-order valence-corrected chi connectivity index (χ4v) is 2.61. The van der Waals surface area contributed by atoms with Gasteiger partial charge in [0.05, 0.1) is 0 Å². The van der Waals surface area contributed by atoms with Crippen LogP contribution in [0.15, 0.2) is 36.4 Å². The zero-order valence-electron chi connectivity index (χ0n) is 10.0. The van der Waals surface area contributed by atoms with Gasteiger partial charge in [0.15, 0.2) is 0 Å². The molecule has 0 spiro atoms. The third-order valence-electron chi connectivity index (χ3n) is 2.75. The van der Waals surface area contributed by atoms with Crippen LogP contribution in [-0.4, -0.2) is 0 Å². The summed E-state index contributed by atoms with van der Waals surface area (Å²) in [6.07, 6.45) is 0. The predicted molar refractivity (Wildman–Crippen MR) is 70.7 cm³/mol. The third-order valence-corrected chi connectivity index (χ3v) is 3.75. The summed E-state index contributed by atoms with van der Waals surface area (Å²) in [5.74, 6) is -0.144. The van der Waals surface area contributed by atoms with Crippen molar-refractivity contribution in [2.75, 3.05) is 0 Å². The summed E-state index contributed by atoms with van der Waals surface area (Å²) < 4.78 is 13.5. The van der Waals surface area contributed by atoms with Gasteiger partial charge in [-0.25, -0.2) is 4.39 Å². The Morgan fingerprint density at radius 2 is 2.00 bits per heavy atom. The number of halogens is 1. The van der Waals surface area contributed by atoms with Crippen LogP contribution in [0.5, 0.6) is 0 Å². The first-order valence-electron chi connectivity index (χ1n) is 5.70. The van der Waals surface area contributed by atoms with Gasteiger partial charge in [0.2, 0.25) is 0 Å². The Kier molecular flexibility index (Phi) is 3.92. The summed E-state index contributed by atoms with van der Waals surface area (Å²) in [5.41, 5.74) is 0.723. The van der Waals surface area contributed by atoms with E-state index in [2.05, 4.69) is 24.4 Å². The van der Waals surface area contributed by atoms with E-state index in [1.54, 1.807) is 17.4 Å². The first-order valence-corrected chi connectivity index (χ1v) is 6.51. The molecule has 90 valence electrons. The van der Waals surface area contributed by atoms with Crippen molar-refractivity contribution in [3.8, 4) is 0 Å². The Labute approximate surface area is 105 Å². The van der Waals surface area contributed by atoms with Crippen LogP contribution in [0, 0.1) is 12.7 Å². The Balaban J connectivity index is 1.98. The highest BCUT2D eigenvalue weighted by molar-refractivity contribution is 7.11. The highest BCUT2D eigenvalue weighted by Gasteiger charge is 2.09. The van der Waals surface area contributed by atoms with E-state index < -0.39 is 0 Å². The molecule has 2 aromatic rings. The molecule has 17 heavy (non-hydrogen) atoms. The summed E-state index contributed by atoms with van der Waals surface area (Å²) in [6.45, 7) is 4.86. The van der Waals surface area contributed by atoms with Crippen molar-refractivity contribution in [2.45, 2.75) is 26.4 Å². The van der Waals surface area contributed by atoms with Gasteiger partial charge >= 0.3 is 0 Å². The van der Waals surface area contributed by atoms with E-state index in [-0.39, 0.29) is 11.9 Å². The van der Waals surface area contributed by atoms with Crippen LogP contribution in [0.1, 0.15) is 28.3 Å². The molecule has 1 atom stereocenters. The van der Waals surface area contributed by atoms with Crippen molar-refractivity contribution >= 4 is 11.3 Å².